The predicted molar refractivity (Wildman–Crippen MR) is 82.8 cm³/mol. The minimum Gasteiger partial charge on any atom is -0.308 e. The van der Waals surface area contributed by atoms with E-state index in [-0.39, 0.29) is 0 Å². The number of aromatic amines is 1. The fraction of sp³-hybridized carbons (Fsp3) is 0.200. The Hall–Kier alpha value is -2.80. The summed E-state index contributed by atoms with van der Waals surface area (Å²) in [6, 6.07) is 7.72. The second kappa shape index (κ2) is 5.53. The van der Waals surface area contributed by atoms with E-state index in [0.717, 1.165) is 47.8 Å². The van der Waals surface area contributed by atoms with E-state index in [4.69, 9.17) is 0 Å². The normalized spacial score (nSPS) is 14.5. The van der Waals surface area contributed by atoms with Crippen LogP contribution in [0.4, 0.5) is 5.69 Å². The van der Waals surface area contributed by atoms with Gasteiger partial charge in [0, 0.05) is 31.7 Å². The fourth-order valence-electron chi connectivity index (χ4n) is 2.70. The van der Waals surface area contributed by atoms with Crippen LogP contribution in [0, 0.1) is 0 Å². The molecule has 0 unspecified atom stereocenters. The van der Waals surface area contributed by atoms with Gasteiger partial charge in [-0.05, 0) is 30.7 Å². The van der Waals surface area contributed by atoms with E-state index in [1.54, 1.807) is 18.6 Å². The lowest BCUT2D eigenvalue weighted by Crippen LogP contribution is -2.31. The Morgan fingerprint density at radius 3 is 2.82 bits per heavy atom. The highest BCUT2D eigenvalue weighted by atomic mass is 15.5. The smallest absolute Gasteiger partial charge is 0.112 e. The molecule has 0 radical (unpaired) electrons. The van der Waals surface area contributed by atoms with Gasteiger partial charge in [0.1, 0.15) is 11.4 Å². The lowest BCUT2D eigenvalue weighted by molar-refractivity contribution is 0.787. The molecule has 22 heavy (non-hydrogen) atoms. The molecule has 0 aliphatic carbocycles. The molecule has 1 aliphatic rings. The molecule has 0 amide bonds. The number of H-pyrrole nitrogens is 1. The molecule has 0 bridgehead atoms. The molecular formula is C15H15N7. The predicted octanol–water partition coefficient (Wildman–Crippen LogP) is 1.64. The standard InChI is InChI=1S/C15H15N7/c1-3-12(21-17-6-1)15-14(11-4-9-18-20-11)13(5-8-16-15)22-10-2-7-19-22/h1,3-6,8-9,19H,2,7,10H2,(H,18,20). The molecule has 0 spiro atoms. The van der Waals surface area contributed by atoms with Crippen molar-refractivity contribution in [2.75, 3.05) is 18.1 Å². The molecule has 1 fully saturated rings. The van der Waals surface area contributed by atoms with Crippen LogP contribution in [0.2, 0.25) is 0 Å². The molecule has 7 nitrogen and oxygen atoms in total. The second-order valence-corrected chi connectivity index (χ2v) is 5.05. The third-order valence-corrected chi connectivity index (χ3v) is 3.67. The van der Waals surface area contributed by atoms with Gasteiger partial charge in [0.15, 0.2) is 0 Å². The van der Waals surface area contributed by atoms with Crippen molar-refractivity contribution in [1.82, 2.24) is 30.8 Å². The maximum absolute atomic E-state index is 4.53. The molecule has 0 saturated carbocycles. The lowest BCUT2D eigenvalue weighted by Gasteiger charge is -2.22. The molecule has 3 aromatic rings. The average molecular weight is 293 g/mol. The summed E-state index contributed by atoms with van der Waals surface area (Å²) in [4.78, 5) is 4.53. The topological polar surface area (TPSA) is 82.6 Å². The van der Waals surface area contributed by atoms with Gasteiger partial charge in [-0.15, -0.1) is 5.10 Å². The monoisotopic (exact) mass is 293 g/mol. The van der Waals surface area contributed by atoms with Crippen molar-refractivity contribution in [2.24, 2.45) is 0 Å². The zero-order chi connectivity index (χ0) is 14.8. The van der Waals surface area contributed by atoms with Gasteiger partial charge in [-0.3, -0.25) is 10.1 Å². The third-order valence-electron chi connectivity index (χ3n) is 3.67. The van der Waals surface area contributed by atoms with Crippen LogP contribution in [-0.4, -0.2) is 38.5 Å². The van der Waals surface area contributed by atoms with Crippen LogP contribution < -0.4 is 10.4 Å². The zero-order valence-corrected chi connectivity index (χ0v) is 11.9. The Balaban J connectivity index is 1.93. The largest absolute Gasteiger partial charge is 0.308 e. The van der Waals surface area contributed by atoms with Crippen molar-refractivity contribution < 1.29 is 0 Å². The minimum atomic E-state index is 0.744. The first kappa shape index (κ1) is 12.9. The maximum Gasteiger partial charge on any atom is 0.112 e. The summed E-state index contributed by atoms with van der Waals surface area (Å²) in [5.41, 5.74) is 7.89. The van der Waals surface area contributed by atoms with E-state index in [2.05, 4.69) is 35.8 Å². The molecule has 1 saturated heterocycles. The Labute approximate surface area is 127 Å². The van der Waals surface area contributed by atoms with Crippen LogP contribution in [-0.2, 0) is 0 Å². The summed E-state index contributed by atoms with van der Waals surface area (Å²) in [5.74, 6) is 0. The summed E-state index contributed by atoms with van der Waals surface area (Å²) >= 11 is 0. The first-order valence-corrected chi connectivity index (χ1v) is 7.21. The quantitative estimate of drug-likeness (QED) is 0.764. The Bertz CT molecular complexity index is 749. The number of anilines is 1. The number of hydrazine groups is 1. The Morgan fingerprint density at radius 2 is 2.09 bits per heavy atom. The van der Waals surface area contributed by atoms with E-state index in [1.165, 1.54) is 0 Å². The van der Waals surface area contributed by atoms with Gasteiger partial charge in [-0.1, -0.05) is 0 Å². The summed E-state index contributed by atoms with van der Waals surface area (Å²) in [5, 5.41) is 17.4. The van der Waals surface area contributed by atoms with Crippen molar-refractivity contribution in [3.63, 3.8) is 0 Å². The molecule has 7 heteroatoms. The van der Waals surface area contributed by atoms with Gasteiger partial charge in [0.25, 0.3) is 0 Å². The molecule has 4 heterocycles. The highest BCUT2D eigenvalue weighted by Crippen LogP contribution is 2.36. The van der Waals surface area contributed by atoms with Crippen molar-refractivity contribution in [3.05, 3.63) is 42.9 Å². The first-order valence-electron chi connectivity index (χ1n) is 7.21. The van der Waals surface area contributed by atoms with Gasteiger partial charge in [-0.2, -0.15) is 10.2 Å². The molecule has 3 aromatic heterocycles. The molecular weight excluding hydrogens is 278 g/mol. The molecule has 110 valence electrons. The van der Waals surface area contributed by atoms with Crippen LogP contribution in [0.5, 0.6) is 0 Å². The van der Waals surface area contributed by atoms with Crippen molar-refractivity contribution in [3.8, 4) is 22.6 Å². The van der Waals surface area contributed by atoms with Crippen LogP contribution in [0.15, 0.2) is 42.9 Å². The van der Waals surface area contributed by atoms with E-state index >= 15 is 0 Å². The van der Waals surface area contributed by atoms with Crippen molar-refractivity contribution >= 4 is 5.69 Å². The second-order valence-electron chi connectivity index (χ2n) is 5.05. The van der Waals surface area contributed by atoms with Crippen LogP contribution in [0.3, 0.4) is 0 Å². The SMILES string of the molecule is c1cnnc(-c2nccc(N3CCCN3)c2-c2ccn[nH]2)c1. The highest BCUT2D eigenvalue weighted by Gasteiger charge is 2.21. The van der Waals surface area contributed by atoms with Crippen molar-refractivity contribution in [2.45, 2.75) is 6.42 Å². The van der Waals surface area contributed by atoms with E-state index < -0.39 is 0 Å². The summed E-state index contributed by atoms with van der Waals surface area (Å²) in [6.07, 6.45) is 6.32. The molecule has 2 N–H and O–H groups in total. The number of hydrogen-bond donors (Lipinski definition) is 2. The molecule has 1 aliphatic heterocycles. The molecule has 4 rings (SSSR count). The van der Waals surface area contributed by atoms with Crippen LogP contribution in [0.25, 0.3) is 22.6 Å². The fourth-order valence-corrected chi connectivity index (χ4v) is 2.70. The zero-order valence-electron chi connectivity index (χ0n) is 11.9. The van der Waals surface area contributed by atoms with Gasteiger partial charge < -0.3 is 5.01 Å². The number of rotatable bonds is 3. The Morgan fingerprint density at radius 1 is 1.09 bits per heavy atom. The molecule has 0 aromatic carbocycles. The highest BCUT2D eigenvalue weighted by molar-refractivity contribution is 5.87. The number of hydrogen-bond acceptors (Lipinski definition) is 6. The van der Waals surface area contributed by atoms with E-state index in [0.29, 0.717) is 0 Å². The summed E-state index contributed by atoms with van der Waals surface area (Å²) < 4.78 is 0. The Kier molecular flexibility index (Phi) is 3.24. The van der Waals surface area contributed by atoms with Gasteiger partial charge in [0.2, 0.25) is 0 Å². The summed E-state index contributed by atoms with van der Waals surface area (Å²) in [7, 11) is 0. The van der Waals surface area contributed by atoms with E-state index in [9.17, 15) is 0 Å². The molecule has 0 atom stereocenters. The van der Waals surface area contributed by atoms with Gasteiger partial charge in [-0.25, -0.2) is 5.43 Å². The maximum atomic E-state index is 4.53. The van der Waals surface area contributed by atoms with Crippen molar-refractivity contribution in [1.29, 1.82) is 0 Å². The minimum absolute atomic E-state index is 0.744. The van der Waals surface area contributed by atoms with Gasteiger partial charge in [0.05, 0.1) is 16.9 Å². The summed E-state index contributed by atoms with van der Waals surface area (Å²) in [6.45, 7) is 1.94. The lowest BCUT2D eigenvalue weighted by atomic mass is 10.0. The third kappa shape index (κ3) is 2.21. The number of aromatic nitrogens is 5. The number of nitrogens with zero attached hydrogens (tertiary/aromatic N) is 5. The van der Waals surface area contributed by atoms with Gasteiger partial charge >= 0.3 is 0 Å². The number of pyridine rings is 1. The van der Waals surface area contributed by atoms with Crippen LogP contribution in [0.1, 0.15) is 6.42 Å². The average Bonchev–Trinajstić information content (AvgIpc) is 3.28. The first-order chi connectivity index (χ1) is 10.9. The van der Waals surface area contributed by atoms with Crippen LogP contribution >= 0.6 is 0 Å². The van der Waals surface area contributed by atoms with E-state index in [1.807, 2.05) is 24.3 Å². The number of nitrogens with one attached hydrogen (secondary N) is 2.